The third-order valence-corrected chi connectivity index (χ3v) is 4.71. The number of rotatable bonds is 4. The predicted molar refractivity (Wildman–Crippen MR) is 95.4 cm³/mol. The van der Waals surface area contributed by atoms with E-state index in [9.17, 15) is 9.59 Å². The number of carbonyl (C=O) groups is 2. The molecule has 0 spiro atoms. The molecule has 1 fully saturated rings. The molecule has 1 aliphatic heterocycles. The summed E-state index contributed by atoms with van der Waals surface area (Å²) in [6.45, 7) is 2.39. The molecule has 1 heterocycles. The number of anilines is 1. The van der Waals surface area contributed by atoms with Gasteiger partial charge in [-0.25, -0.2) is 4.90 Å². The van der Waals surface area contributed by atoms with Crippen LogP contribution in [0.2, 0.25) is 10.0 Å². The molecular weight excluding hydrogens is 347 g/mol. The van der Waals surface area contributed by atoms with Crippen LogP contribution in [-0.2, 0) is 16.1 Å². The van der Waals surface area contributed by atoms with Gasteiger partial charge in [0.25, 0.3) is 5.91 Å². The van der Waals surface area contributed by atoms with Crippen LogP contribution in [0.1, 0.15) is 17.5 Å². The molecule has 3 rings (SSSR count). The van der Waals surface area contributed by atoms with Crippen molar-refractivity contribution in [3.05, 3.63) is 63.6 Å². The van der Waals surface area contributed by atoms with Crippen molar-refractivity contribution >= 4 is 40.7 Å². The number of amides is 2. The monoisotopic (exact) mass is 362 g/mol. The molecule has 24 heavy (non-hydrogen) atoms. The van der Waals surface area contributed by atoms with Gasteiger partial charge in [-0.05, 0) is 36.8 Å². The Balaban J connectivity index is 1.69. The highest BCUT2D eigenvalue weighted by Gasteiger charge is 2.39. The maximum Gasteiger partial charge on any atom is 0.251 e. The molecule has 1 N–H and O–H groups in total. The molecule has 0 aliphatic carbocycles. The fourth-order valence-corrected chi connectivity index (χ4v) is 2.97. The number of imide groups is 1. The zero-order valence-electron chi connectivity index (χ0n) is 13.1. The maximum absolute atomic E-state index is 12.5. The van der Waals surface area contributed by atoms with Gasteiger partial charge in [0.15, 0.2) is 0 Å². The second kappa shape index (κ2) is 6.93. The molecule has 0 saturated carbocycles. The van der Waals surface area contributed by atoms with Crippen molar-refractivity contribution in [2.24, 2.45) is 0 Å². The summed E-state index contributed by atoms with van der Waals surface area (Å²) in [5.74, 6) is -0.431. The first-order valence-electron chi connectivity index (χ1n) is 7.56. The first kappa shape index (κ1) is 17.0. The van der Waals surface area contributed by atoms with Gasteiger partial charge >= 0.3 is 0 Å². The van der Waals surface area contributed by atoms with Crippen LogP contribution in [0, 0.1) is 6.92 Å². The number of halogens is 2. The minimum atomic E-state index is -0.534. The summed E-state index contributed by atoms with van der Waals surface area (Å²) in [6, 6.07) is 12.1. The summed E-state index contributed by atoms with van der Waals surface area (Å²) in [6.07, 6.45) is 0.147. The largest absolute Gasteiger partial charge is 0.301 e. The van der Waals surface area contributed by atoms with E-state index < -0.39 is 6.04 Å². The molecule has 4 nitrogen and oxygen atoms in total. The van der Waals surface area contributed by atoms with Gasteiger partial charge in [0.2, 0.25) is 5.91 Å². The minimum Gasteiger partial charge on any atom is -0.301 e. The molecule has 124 valence electrons. The standard InChI is InChI=1S/C18H16Cl2N2O2/c1-11-2-5-13(6-3-11)22-17(23)9-16(18(22)24)21-10-12-4-7-14(19)15(20)8-12/h2-8,16,21H,9-10H2,1H3/t16-/m1/s1. The summed E-state index contributed by atoms with van der Waals surface area (Å²) in [5, 5.41) is 4.07. The van der Waals surface area contributed by atoms with Crippen LogP contribution in [-0.4, -0.2) is 17.9 Å². The molecule has 0 bridgehead atoms. The van der Waals surface area contributed by atoms with Gasteiger partial charge in [0.05, 0.1) is 28.2 Å². The molecule has 0 aromatic heterocycles. The topological polar surface area (TPSA) is 49.4 Å². The van der Waals surface area contributed by atoms with Crippen molar-refractivity contribution < 1.29 is 9.59 Å². The van der Waals surface area contributed by atoms with Gasteiger partial charge in [-0.3, -0.25) is 9.59 Å². The van der Waals surface area contributed by atoms with E-state index in [-0.39, 0.29) is 18.2 Å². The summed E-state index contributed by atoms with van der Waals surface area (Å²) in [5.41, 5.74) is 2.58. The average Bonchev–Trinajstić information content (AvgIpc) is 2.84. The number of hydrogen-bond acceptors (Lipinski definition) is 3. The number of aryl methyl sites for hydroxylation is 1. The van der Waals surface area contributed by atoms with Crippen LogP contribution in [0.4, 0.5) is 5.69 Å². The smallest absolute Gasteiger partial charge is 0.251 e. The van der Waals surface area contributed by atoms with Crippen molar-refractivity contribution in [3.8, 4) is 0 Å². The minimum absolute atomic E-state index is 0.147. The predicted octanol–water partition coefficient (Wildman–Crippen LogP) is 3.72. The summed E-state index contributed by atoms with van der Waals surface area (Å²) in [4.78, 5) is 26.0. The summed E-state index contributed by atoms with van der Waals surface area (Å²) < 4.78 is 0. The Morgan fingerprint density at radius 3 is 2.46 bits per heavy atom. The average molecular weight is 363 g/mol. The highest BCUT2D eigenvalue weighted by atomic mass is 35.5. The Morgan fingerprint density at radius 2 is 1.79 bits per heavy atom. The van der Waals surface area contributed by atoms with Crippen LogP contribution in [0.25, 0.3) is 0 Å². The van der Waals surface area contributed by atoms with Gasteiger partial charge in [0.1, 0.15) is 0 Å². The normalized spacial score (nSPS) is 17.6. The van der Waals surface area contributed by atoms with Crippen molar-refractivity contribution in [1.29, 1.82) is 0 Å². The lowest BCUT2D eigenvalue weighted by molar-refractivity contribution is -0.121. The van der Waals surface area contributed by atoms with Gasteiger partial charge in [-0.2, -0.15) is 0 Å². The highest BCUT2D eigenvalue weighted by molar-refractivity contribution is 6.42. The van der Waals surface area contributed by atoms with E-state index in [2.05, 4.69) is 5.32 Å². The van der Waals surface area contributed by atoms with Gasteiger partial charge in [-0.1, -0.05) is 47.0 Å². The zero-order valence-corrected chi connectivity index (χ0v) is 14.6. The molecule has 0 unspecified atom stereocenters. The number of nitrogens with one attached hydrogen (secondary N) is 1. The maximum atomic E-state index is 12.5. The summed E-state index contributed by atoms with van der Waals surface area (Å²) in [7, 11) is 0. The highest BCUT2D eigenvalue weighted by Crippen LogP contribution is 2.25. The van der Waals surface area contributed by atoms with E-state index in [1.165, 1.54) is 4.90 Å². The van der Waals surface area contributed by atoms with Gasteiger partial charge < -0.3 is 5.32 Å². The number of nitrogens with zero attached hydrogens (tertiary/aromatic N) is 1. The van der Waals surface area contributed by atoms with Crippen LogP contribution in [0.3, 0.4) is 0 Å². The van der Waals surface area contributed by atoms with Crippen molar-refractivity contribution in [3.63, 3.8) is 0 Å². The second-order valence-electron chi connectivity index (χ2n) is 5.79. The fourth-order valence-electron chi connectivity index (χ4n) is 2.65. The first-order valence-corrected chi connectivity index (χ1v) is 8.32. The Morgan fingerprint density at radius 1 is 1.08 bits per heavy atom. The lowest BCUT2D eigenvalue weighted by Crippen LogP contribution is -2.38. The van der Waals surface area contributed by atoms with Crippen molar-refractivity contribution in [1.82, 2.24) is 5.32 Å². The van der Waals surface area contributed by atoms with Crippen LogP contribution in [0.5, 0.6) is 0 Å². The molecule has 6 heteroatoms. The quantitative estimate of drug-likeness (QED) is 0.843. The fraction of sp³-hybridized carbons (Fsp3) is 0.222. The van der Waals surface area contributed by atoms with Crippen LogP contribution < -0.4 is 10.2 Å². The number of hydrogen-bond donors (Lipinski definition) is 1. The second-order valence-corrected chi connectivity index (χ2v) is 6.60. The lowest BCUT2D eigenvalue weighted by Gasteiger charge is -2.16. The SMILES string of the molecule is Cc1ccc(N2C(=O)C[C@@H](NCc3ccc(Cl)c(Cl)c3)C2=O)cc1. The zero-order chi connectivity index (χ0) is 17.3. The lowest BCUT2D eigenvalue weighted by atomic mass is 10.2. The van der Waals surface area contributed by atoms with E-state index in [0.717, 1.165) is 11.1 Å². The van der Waals surface area contributed by atoms with E-state index in [0.29, 0.717) is 22.3 Å². The van der Waals surface area contributed by atoms with E-state index >= 15 is 0 Å². The van der Waals surface area contributed by atoms with Crippen LogP contribution in [0.15, 0.2) is 42.5 Å². The van der Waals surface area contributed by atoms with Gasteiger partial charge in [0, 0.05) is 6.54 Å². The van der Waals surface area contributed by atoms with Crippen molar-refractivity contribution in [2.75, 3.05) is 4.90 Å². The number of benzene rings is 2. The third-order valence-electron chi connectivity index (χ3n) is 3.98. The molecule has 0 radical (unpaired) electrons. The first-order chi connectivity index (χ1) is 11.5. The molecule has 2 aromatic rings. The molecule has 1 saturated heterocycles. The van der Waals surface area contributed by atoms with Crippen LogP contribution >= 0.6 is 23.2 Å². The molecule has 2 aromatic carbocycles. The molecular formula is C18H16Cl2N2O2. The molecule has 2 amide bonds. The Labute approximate surface area is 150 Å². The summed E-state index contributed by atoms with van der Waals surface area (Å²) >= 11 is 11.9. The van der Waals surface area contributed by atoms with E-state index in [4.69, 9.17) is 23.2 Å². The van der Waals surface area contributed by atoms with Gasteiger partial charge in [-0.15, -0.1) is 0 Å². The molecule has 1 atom stereocenters. The van der Waals surface area contributed by atoms with E-state index in [1.54, 1.807) is 24.3 Å². The third kappa shape index (κ3) is 3.46. The molecule has 1 aliphatic rings. The Bertz CT molecular complexity index is 790. The number of carbonyl (C=O) groups excluding carboxylic acids is 2. The van der Waals surface area contributed by atoms with Crippen molar-refractivity contribution in [2.45, 2.75) is 25.9 Å². The Hall–Kier alpha value is -1.88. The Kier molecular flexibility index (Phi) is 4.90. The van der Waals surface area contributed by atoms with E-state index in [1.807, 2.05) is 25.1 Å².